The van der Waals surface area contributed by atoms with Crippen LogP contribution in [-0.4, -0.2) is 42.7 Å². The Morgan fingerprint density at radius 2 is 1.83 bits per heavy atom. The number of carbonyl (C=O) groups excluding carboxylic acids is 1. The fraction of sp³-hybridized carbons (Fsp3) is 0.522. The van der Waals surface area contributed by atoms with Crippen LogP contribution in [0, 0.1) is 19.8 Å². The van der Waals surface area contributed by atoms with Gasteiger partial charge in [-0.05, 0) is 70.2 Å². The number of sulfonamides is 1. The van der Waals surface area contributed by atoms with Crippen LogP contribution in [0.3, 0.4) is 0 Å². The van der Waals surface area contributed by atoms with Crippen LogP contribution in [0.1, 0.15) is 55.5 Å². The number of hydrogen-bond donors (Lipinski definition) is 0. The normalized spacial score (nSPS) is 19.6. The maximum atomic E-state index is 13.4. The van der Waals surface area contributed by atoms with Crippen LogP contribution in [0.15, 0.2) is 45.9 Å². The lowest BCUT2D eigenvalue weighted by Crippen LogP contribution is -2.45. The summed E-state index contributed by atoms with van der Waals surface area (Å²) >= 11 is 0. The van der Waals surface area contributed by atoms with Crippen LogP contribution in [0.5, 0.6) is 0 Å². The molecule has 0 bridgehead atoms. The van der Waals surface area contributed by atoms with E-state index in [0.29, 0.717) is 30.8 Å². The largest absolute Gasteiger partial charge is 0.467 e. The van der Waals surface area contributed by atoms with E-state index >= 15 is 0 Å². The Bertz CT molecular complexity index is 1000. The number of piperidine rings is 1. The average Bonchev–Trinajstić information content (AvgIpc) is 3.39. The zero-order valence-corrected chi connectivity index (χ0v) is 18.7. The molecule has 30 heavy (non-hydrogen) atoms. The first-order chi connectivity index (χ1) is 14.3. The second-order valence-electron chi connectivity index (χ2n) is 8.62. The van der Waals surface area contributed by atoms with E-state index in [2.05, 4.69) is 0 Å². The standard InChI is InChI=1S/C23H30N2O4S/c1-16-6-9-22(17(2)15-16)30(27,28)24-12-10-19(11-13-24)23(26)25(20-7-8-20)18(3)21-5-4-14-29-21/h4-6,9,14-15,18-20H,7-8,10-13H2,1-3H3. The zero-order valence-electron chi connectivity index (χ0n) is 17.9. The molecule has 2 aliphatic rings. The molecule has 1 aliphatic carbocycles. The van der Waals surface area contributed by atoms with Crippen molar-refractivity contribution >= 4 is 15.9 Å². The van der Waals surface area contributed by atoms with Gasteiger partial charge in [-0.1, -0.05) is 17.7 Å². The minimum absolute atomic E-state index is 0.100. The van der Waals surface area contributed by atoms with Crippen molar-refractivity contribution in [3.8, 4) is 0 Å². The first kappa shape index (κ1) is 21.1. The van der Waals surface area contributed by atoms with E-state index in [0.717, 1.165) is 29.7 Å². The Hall–Kier alpha value is -2.12. The minimum atomic E-state index is -3.54. The molecule has 7 heteroatoms. The van der Waals surface area contributed by atoms with Gasteiger partial charge >= 0.3 is 0 Å². The smallest absolute Gasteiger partial charge is 0.243 e. The lowest BCUT2D eigenvalue weighted by Gasteiger charge is -2.36. The molecule has 1 aliphatic heterocycles. The van der Waals surface area contributed by atoms with E-state index in [1.54, 1.807) is 12.3 Å². The highest BCUT2D eigenvalue weighted by molar-refractivity contribution is 7.89. The number of aryl methyl sites for hydroxylation is 2. The molecule has 6 nitrogen and oxygen atoms in total. The van der Waals surface area contributed by atoms with Gasteiger partial charge in [-0.2, -0.15) is 4.31 Å². The third kappa shape index (κ3) is 4.05. The Balaban J connectivity index is 1.45. The summed E-state index contributed by atoms with van der Waals surface area (Å²) in [6, 6.07) is 9.35. The molecule has 1 unspecified atom stereocenters. The van der Waals surface area contributed by atoms with Crippen LogP contribution in [-0.2, 0) is 14.8 Å². The predicted octanol–water partition coefficient (Wildman–Crippen LogP) is 4.05. The Morgan fingerprint density at radius 3 is 2.40 bits per heavy atom. The van der Waals surface area contributed by atoms with Gasteiger partial charge in [-0.25, -0.2) is 8.42 Å². The summed E-state index contributed by atoms with van der Waals surface area (Å²) in [4.78, 5) is 15.7. The van der Waals surface area contributed by atoms with E-state index in [1.807, 2.05) is 49.9 Å². The quantitative estimate of drug-likeness (QED) is 0.693. The van der Waals surface area contributed by atoms with Gasteiger partial charge in [0.15, 0.2) is 0 Å². The maximum Gasteiger partial charge on any atom is 0.243 e. The molecule has 2 heterocycles. The van der Waals surface area contributed by atoms with E-state index in [1.165, 1.54) is 4.31 Å². The van der Waals surface area contributed by atoms with Crippen molar-refractivity contribution in [2.75, 3.05) is 13.1 Å². The summed E-state index contributed by atoms with van der Waals surface area (Å²) in [7, 11) is -3.54. The van der Waals surface area contributed by atoms with Crippen LogP contribution in [0.25, 0.3) is 0 Å². The Morgan fingerprint density at radius 1 is 1.13 bits per heavy atom. The Labute approximate surface area is 178 Å². The molecule has 1 saturated heterocycles. The third-order valence-corrected chi connectivity index (χ3v) is 8.38. The lowest BCUT2D eigenvalue weighted by molar-refractivity contribution is -0.140. The van der Waals surface area contributed by atoms with Crippen LogP contribution >= 0.6 is 0 Å². The molecule has 2 aromatic rings. The second kappa shape index (κ2) is 8.19. The number of nitrogens with zero attached hydrogens (tertiary/aromatic N) is 2. The van der Waals surface area contributed by atoms with E-state index in [9.17, 15) is 13.2 Å². The average molecular weight is 431 g/mol. The second-order valence-corrected chi connectivity index (χ2v) is 10.5. The van der Waals surface area contributed by atoms with Gasteiger partial charge in [-0.15, -0.1) is 0 Å². The topological polar surface area (TPSA) is 70.8 Å². The van der Waals surface area contributed by atoms with Crippen molar-refractivity contribution in [3.63, 3.8) is 0 Å². The first-order valence-electron chi connectivity index (χ1n) is 10.7. The number of carbonyl (C=O) groups is 1. The molecule has 1 amide bonds. The third-order valence-electron chi connectivity index (χ3n) is 6.32. The molecular weight excluding hydrogens is 400 g/mol. The summed E-state index contributed by atoms with van der Waals surface area (Å²) in [5.74, 6) is 0.781. The molecule has 1 aromatic carbocycles. The fourth-order valence-corrected chi connectivity index (χ4v) is 6.16. The monoisotopic (exact) mass is 430 g/mol. The van der Waals surface area contributed by atoms with Gasteiger partial charge in [0, 0.05) is 25.0 Å². The lowest BCUT2D eigenvalue weighted by atomic mass is 9.95. The van der Waals surface area contributed by atoms with E-state index < -0.39 is 10.0 Å². The molecule has 1 atom stereocenters. The number of benzene rings is 1. The van der Waals surface area contributed by atoms with Gasteiger partial charge in [0.25, 0.3) is 0 Å². The highest BCUT2D eigenvalue weighted by Gasteiger charge is 2.41. The van der Waals surface area contributed by atoms with Gasteiger partial charge in [-0.3, -0.25) is 4.79 Å². The highest BCUT2D eigenvalue weighted by Crippen LogP contribution is 2.37. The summed E-state index contributed by atoms with van der Waals surface area (Å²) in [6.07, 6.45) is 4.79. The predicted molar refractivity (Wildman–Crippen MR) is 114 cm³/mol. The molecule has 0 radical (unpaired) electrons. The molecular formula is C23H30N2O4S. The molecule has 1 aromatic heterocycles. The van der Waals surface area contributed by atoms with Gasteiger partial charge in [0.1, 0.15) is 5.76 Å². The van der Waals surface area contributed by atoms with Crippen molar-refractivity contribution in [2.24, 2.45) is 5.92 Å². The zero-order chi connectivity index (χ0) is 21.5. The van der Waals surface area contributed by atoms with E-state index in [-0.39, 0.29) is 23.9 Å². The van der Waals surface area contributed by atoms with Crippen LogP contribution in [0.4, 0.5) is 0 Å². The fourth-order valence-electron chi connectivity index (χ4n) is 4.49. The van der Waals surface area contributed by atoms with Gasteiger partial charge < -0.3 is 9.32 Å². The summed E-state index contributed by atoms with van der Waals surface area (Å²) in [6.45, 7) is 6.55. The molecule has 162 valence electrons. The maximum absolute atomic E-state index is 13.4. The Kier molecular flexibility index (Phi) is 5.77. The van der Waals surface area contributed by atoms with Crippen molar-refractivity contribution in [2.45, 2.75) is 63.4 Å². The van der Waals surface area contributed by atoms with Crippen LogP contribution < -0.4 is 0 Å². The first-order valence-corrected chi connectivity index (χ1v) is 12.2. The molecule has 1 saturated carbocycles. The minimum Gasteiger partial charge on any atom is -0.467 e. The van der Waals surface area contributed by atoms with Gasteiger partial charge in [0.05, 0.1) is 17.2 Å². The van der Waals surface area contributed by atoms with Gasteiger partial charge in [0.2, 0.25) is 15.9 Å². The number of furan rings is 1. The SMILES string of the molecule is Cc1ccc(S(=O)(=O)N2CCC(C(=O)N(C3CC3)C(C)c3ccco3)CC2)c(C)c1. The van der Waals surface area contributed by atoms with E-state index in [4.69, 9.17) is 4.42 Å². The van der Waals surface area contributed by atoms with Crippen molar-refractivity contribution in [3.05, 3.63) is 53.5 Å². The van der Waals surface area contributed by atoms with Crippen molar-refractivity contribution in [1.82, 2.24) is 9.21 Å². The van der Waals surface area contributed by atoms with Crippen molar-refractivity contribution < 1.29 is 17.6 Å². The highest BCUT2D eigenvalue weighted by atomic mass is 32.2. The summed E-state index contributed by atoms with van der Waals surface area (Å²) < 4.78 is 33.3. The molecule has 2 fully saturated rings. The molecule has 0 N–H and O–H groups in total. The van der Waals surface area contributed by atoms with Crippen molar-refractivity contribution in [1.29, 1.82) is 0 Å². The number of amides is 1. The summed E-state index contributed by atoms with van der Waals surface area (Å²) in [5, 5.41) is 0. The van der Waals surface area contributed by atoms with Crippen LogP contribution in [0.2, 0.25) is 0 Å². The molecule has 4 rings (SSSR count). The number of rotatable bonds is 6. The molecule has 0 spiro atoms. The number of hydrogen-bond acceptors (Lipinski definition) is 4. The summed E-state index contributed by atoms with van der Waals surface area (Å²) in [5.41, 5.74) is 1.81.